The van der Waals surface area contributed by atoms with Crippen LogP contribution >= 0.6 is 11.3 Å². The number of hydrogen-bond acceptors (Lipinski definition) is 5. The molecule has 0 atom stereocenters. The molecular weight excluding hydrogens is 272 g/mol. The van der Waals surface area contributed by atoms with E-state index in [1.54, 1.807) is 17.6 Å². The number of oxazole rings is 1. The van der Waals surface area contributed by atoms with Crippen LogP contribution in [0.25, 0.3) is 10.8 Å². The largest absolute Gasteiger partial charge is 0.487 e. The molecule has 0 saturated heterocycles. The van der Waals surface area contributed by atoms with Gasteiger partial charge in [0.25, 0.3) is 0 Å². The Labute approximate surface area is 121 Å². The summed E-state index contributed by atoms with van der Waals surface area (Å²) in [5.74, 6) is 1.45. The van der Waals surface area contributed by atoms with Crippen LogP contribution < -0.4 is 10.1 Å². The van der Waals surface area contributed by atoms with Gasteiger partial charge in [-0.15, -0.1) is 11.3 Å². The van der Waals surface area contributed by atoms with Gasteiger partial charge in [0.1, 0.15) is 24.3 Å². The van der Waals surface area contributed by atoms with Gasteiger partial charge in [-0.3, -0.25) is 0 Å². The van der Waals surface area contributed by atoms with E-state index in [1.165, 1.54) is 0 Å². The summed E-state index contributed by atoms with van der Waals surface area (Å²) in [6.45, 7) is 0.397. The average molecular weight is 286 g/mol. The van der Waals surface area contributed by atoms with Gasteiger partial charge in [0.2, 0.25) is 5.89 Å². The van der Waals surface area contributed by atoms with Crippen LogP contribution in [0.5, 0.6) is 5.75 Å². The molecule has 0 bridgehead atoms. The highest BCUT2D eigenvalue weighted by molar-refractivity contribution is 7.13. The van der Waals surface area contributed by atoms with Crippen molar-refractivity contribution in [1.82, 2.24) is 4.98 Å². The van der Waals surface area contributed by atoms with E-state index in [9.17, 15) is 0 Å². The number of hydrogen-bond donors (Lipinski definition) is 1. The molecule has 20 heavy (non-hydrogen) atoms. The topological polar surface area (TPSA) is 47.3 Å². The third-order valence-electron chi connectivity index (χ3n) is 2.81. The number of ether oxygens (including phenoxy) is 1. The molecule has 0 unspecified atom stereocenters. The minimum absolute atomic E-state index is 0.397. The minimum Gasteiger partial charge on any atom is -0.487 e. The van der Waals surface area contributed by atoms with Gasteiger partial charge in [-0.05, 0) is 35.7 Å². The van der Waals surface area contributed by atoms with E-state index in [1.807, 2.05) is 48.8 Å². The molecule has 0 radical (unpaired) electrons. The molecule has 0 saturated carbocycles. The maximum atomic E-state index is 5.68. The smallest absolute Gasteiger partial charge is 0.236 e. The molecule has 0 fully saturated rings. The van der Waals surface area contributed by atoms with Crippen LogP contribution in [-0.4, -0.2) is 12.0 Å². The first kappa shape index (κ1) is 12.7. The Kier molecular flexibility index (Phi) is 3.69. The first-order valence-electron chi connectivity index (χ1n) is 6.24. The van der Waals surface area contributed by atoms with Crippen molar-refractivity contribution in [3.63, 3.8) is 0 Å². The van der Waals surface area contributed by atoms with Crippen molar-refractivity contribution in [2.24, 2.45) is 0 Å². The summed E-state index contributed by atoms with van der Waals surface area (Å²) in [6.07, 6.45) is 1.64. The average Bonchev–Trinajstić information content (AvgIpc) is 3.16. The molecule has 0 spiro atoms. The second-order valence-electron chi connectivity index (χ2n) is 4.18. The molecule has 3 rings (SSSR count). The van der Waals surface area contributed by atoms with E-state index in [0.29, 0.717) is 12.5 Å². The van der Waals surface area contributed by atoms with Gasteiger partial charge in [-0.1, -0.05) is 6.07 Å². The Bertz CT molecular complexity index is 660. The summed E-state index contributed by atoms with van der Waals surface area (Å²) in [5, 5.41) is 5.06. The van der Waals surface area contributed by atoms with Crippen molar-refractivity contribution in [2.45, 2.75) is 6.61 Å². The Hall–Kier alpha value is -2.27. The van der Waals surface area contributed by atoms with E-state index in [4.69, 9.17) is 9.15 Å². The summed E-state index contributed by atoms with van der Waals surface area (Å²) < 4.78 is 11.1. The summed E-state index contributed by atoms with van der Waals surface area (Å²) in [7, 11) is 1.89. The molecule has 0 aliphatic heterocycles. The number of anilines is 1. The Morgan fingerprint density at radius 2 is 2.10 bits per heavy atom. The first-order chi connectivity index (χ1) is 9.85. The summed E-state index contributed by atoms with van der Waals surface area (Å²) >= 11 is 1.60. The predicted octanol–water partition coefficient (Wildman–Crippen LogP) is 4.02. The maximum Gasteiger partial charge on any atom is 0.236 e. The number of thiophene rings is 1. The lowest BCUT2D eigenvalue weighted by atomic mass is 10.3. The molecule has 0 aliphatic carbocycles. The number of nitrogens with zero attached hydrogens (tertiary/aromatic N) is 1. The Balaban J connectivity index is 1.63. The van der Waals surface area contributed by atoms with Gasteiger partial charge in [0.15, 0.2) is 0 Å². The zero-order valence-electron chi connectivity index (χ0n) is 11.0. The molecule has 4 nitrogen and oxygen atoms in total. The number of benzene rings is 1. The second kappa shape index (κ2) is 5.79. The van der Waals surface area contributed by atoms with Crippen molar-refractivity contribution in [2.75, 3.05) is 12.4 Å². The van der Waals surface area contributed by atoms with Gasteiger partial charge in [0, 0.05) is 12.7 Å². The molecule has 102 valence electrons. The predicted molar refractivity (Wildman–Crippen MR) is 80.1 cm³/mol. The summed E-state index contributed by atoms with van der Waals surface area (Å²) in [6, 6.07) is 11.7. The van der Waals surface area contributed by atoms with E-state index >= 15 is 0 Å². The molecule has 2 heterocycles. The molecular formula is C15H14N2O2S. The van der Waals surface area contributed by atoms with E-state index in [-0.39, 0.29) is 0 Å². The maximum absolute atomic E-state index is 5.68. The number of nitrogens with one attached hydrogen (secondary N) is 1. The van der Waals surface area contributed by atoms with Gasteiger partial charge in [-0.25, -0.2) is 4.98 Å². The van der Waals surface area contributed by atoms with Crippen molar-refractivity contribution >= 4 is 17.0 Å². The van der Waals surface area contributed by atoms with Crippen LogP contribution in [0.15, 0.2) is 52.5 Å². The fourth-order valence-corrected chi connectivity index (χ4v) is 2.42. The highest BCUT2D eigenvalue weighted by Gasteiger charge is 2.07. The molecule has 1 N–H and O–H groups in total. The van der Waals surface area contributed by atoms with Crippen molar-refractivity contribution in [1.29, 1.82) is 0 Å². The Morgan fingerprint density at radius 1 is 1.25 bits per heavy atom. The molecule has 1 aromatic carbocycles. The van der Waals surface area contributed by atoms with Crippen LogP contribution in [0.4, 0.5) is 5.69 Å². The zero-order valence-corrected chi connectivity index (χ0v) is 11.8. The third-order valence-corrected chi connectivity index (χ3v) is 3.67. The van der Waals surface area contributed by atoms with Crippen molar-refractivity contribution in [3.8, 4) is 16.5 Å². The molecule has 3 aromatic rings. The number of aromatic nitrogens is 1. The monoisotopic (exact) mass is 286 g/mol. The lowest BCUT2D eigenvalue weighted by Gasteiger charge is -2.05. The lowest BCUT2D eigenvalue weighted by Crippen LogP contribution is -1.96. The number of rotatable bonds is 5. The van der Waals surface area contributed by atoms with Crippen molar-refractivity contribution < 1.29 is 9.15 Å². The minimum atomic E-state index is 0.397. The van der Waals surface area contributed by atoms with Crippen LogP contribution in [0.1, 0.15) is 5.69 Å². The van der Waals surface area contributed by atoms with E-state index in [0.717, 1.165) is 22.0 Å². The van der Waals surface area contributed by atoms with Crippen LogP contribution in [0.3, 0.4) is 0 Å². The fourth-order valence-electron chi connectivity index (χ4n) is 1.76. The van der Waals surface area contributed by atoms with Gasteiger partial charge < -0.3 is 14.5 Å². The van der Waals surface area contributed by atoms with E-state index in [2.05, 4.69) is 10.3 Å². The van der Waals surface area contributed by atoms with E-state index < -0.39 is 0 Å². The standard InChI is InChI=1S/C15H14N2O2S/c1-16-11-4-6-13(7-5-11)18-9-12-10-19-15(17-12)14-3-2-8-20-14/h2-8,10,16H,9H2,1H3. The third kappa shape index (κ3) is 2.83. The van der Waals surface area contributed by atoms with Gasteiger partial charge in [0.05, 0.1) is 4.88 Å². The molecule has 5 heteroatoms. The van der Waals surface area contributed by atoms with Crippen LogP contribution in [-0.2, 0) is 6.61 Å². The van der Waals surface area contributed by atoms with Gasteiger partial charge in [-0.2, -0.15) is 0 Å². The van der Waals surface area contributed by atoms with Gasteiger partial charge >= 0.3 is 0 Å². The first-order valence-corrected chi connectivity index (χ1v) is 7.12. The molecule has 2 aromatic heterocycles. The lowest BCUT2D eigenvalue weighted by molar-refractivity contribution is 0.301. The quantitative estimate of drug-likeness (QED) is 0.769. The van der Waals surface area contributed by atoms with Crippen molar-refractivity contribution in [3.05, 3.63) is 53.7 Å². The zero-order chi connectivity index (χ0) is 13.8. The summed E-state index contributed by atoms with van der Waals surface area (Å²) in [4.78, 5) is 5.43. The molecule has 0 aliphatic rings. The molecule has 0 amide bonds. The normalized spacial score (nSPS) is 10.4. The van der Waals surface area contributed by atoms with Crippen LogP contribution in [0, 0.1) is 0 Å². The second-order valence-corrected chi connectivity index (χ2v) is 5.13. The highest BCUT2D eigenvalue weighted by Crippen LogP contribution is 2.24. The summed E-state index contributed by atoms with van der Waals surface area (Å²) in [5.41, 5.74) is 1.84. The Morgan fingerprint density at radius 3 is 2.80 bits per heavy atom. The fraction of sp³-hybridized carbons (Fsp3) is 0.133. The highest BCUT2D eigenvalue weighted by atomic mass is 32.1. The SMILES string of the molecule is CNc1ccc(OCc2coc(-c3cccs3)n2)cc1. The van der Waals surface area contributed by atoms with Crippen LogP contribution in [0.2, 0.25) is 0 Å².